The van der Waals surface area contributed by atoms with Crippen molar-refractivity contribution in [3.05, 3.63) is 65.7 Å². The minimum absolute atomic E-state index is 0.0518. The van der Waals surface area contributed by atoms with E-state index < -0.39 is 0 Å². The summed E-state index contributed by atoms with van der Waals surface area (Å²) in [4.78, 5) is 12.4. The summed E-state index contributed by atoms with van der Waals surface area (Å²) in [6.45, 7) is 5.24. The zero-order chi connectivity index (χ0) is 17.9. The number of benzene rings is 2. The third kappa shape index (κ3) is 6.38. The number of carbonyl (C=O) groups excluding carboxylic acids is 1. The number of rotatable bonds is 11. The monoisotopic (exact) mass is 338 g/mol. The first kappa shape index (κ1) is 19.2. The number of hydrogen-bond donors (Lipinski definition) is 0. The Labute approximate surface area is 152 Å². The zero-order valence-corrected chi connectivity index (χ0v) is 15.5. The fourth-order valence-corrected chi connectivity index (χ4v) is 2.97. The van der Waals surface area contributed by atoms with Crippen LogP contribution in [0.1, 0.15) is 68.3 Å². The molecule has 0 amide bonds. The summed E-state index contributed by atoms with van der Waals surface area (Å²) < 4.78 is 5.99. The fraction of sp³-hybridized carbons (Fsp3) is 0.435. The Morgan fingerprint density at radius 3 is 1.96 bits per heavy atom. The van der Waals surface area contributed by atoms with Crippen molar-refractivity contribution in [2.75, 3.05) is 6.61 Å². The Morgan fingerprint density at radius 2 is 1.40 bits per heavy atom. The maximum absolute atomic E-state index is 12.4. The molecule has 0 radical (unpaired) electrons. The summed E-state index contributed by atoms with van der Waals surface area (Å²) in [5, 5.41) is 0. The first-order valence-corrected chi connectivity index (χ1v) is 9.57. The molecule has 2 aromatic carbocycles. The van der Waals surface area contributed by atoms with E-state index in [4.69, 9.17) is 4.74 Å². The van der Waals surface area contributed by atoms with E-state index in [0.717, 1.165) is 17.9 Å². The number of unbranched alkanes of at least 4 members (excludes halogenated alkanes) is 2. The SMILES string of the molecule is CCCCC(CCCC)COc1ccc(C(=O)c2ccccc2)cc1. The van der Waals surface area contributed by atoms with Crippen LogP contribution in [0.25, 0.3) is 0 Å². The molecule has 0 saturated heterocycles. The topological polar surface area (TPSA) is 26.3 Å². The smallest absolute Gasteiger partial charge is 0.193 e. The average Bonchev–Trinajstić information content (AvgIpc) is 2.68. The molecule has 0 atom stereocenters. The van der Waals surface area contributed by atoms with E-state index in [2.05, 4.69) is 13.8 Å². The van der Waals surface area contributed by atoms with Gasteiger partial charge in [-0.3, -0.25) is 4.79 Å². The summed E-state index contributed by atoms with van der Waals surface area (Å²) in [7, 11) is 0. The lowest BCUT2D eigenvalue weighted by atomic mass is 9.97. The number of hydrogen-bond acceptors (Lipinski definition) is 2. The van der Waals surface area contributed by atoms with Crippen molar-refractivity contribution in [1.82, 2.24) is 0 Å². The predicted molar refractivity (Wildman–Crippen MR) is 104 cm³/mol. The lowest BCUT2D eigenvalue weighted by molar-refractivity contribution is 0.103. The lowest BCUT2D eigenvalue weighted by Gasteiger charge is -2.17. The van der Waals surface area contributed by atoms with E-state index in [1.807, 2.05) is 54.6 Å². The summed E-state index contributed by atoms with van der Waals surface area (Å²) in [6, 6.07) is 16.9. The highest BCUT2D eigenvalue weighted by Gasteiger charge is 2.11. The molecule has 0 bridgehead atoms. The lowest BCUT2D eigenvalue weighted by Crippen LogP contribution is -2.12. The third-order valence-electron chi connectivity index (χ3n) is 4.57. The molecule has 0 saturated carbocycles. The van der Waals surface area contributed by atoms with Gasteiger partial charge < -0.3 is 4.74 Å². The summed E-state index contributed by atoms with van der Waals surface area (Å²) in [6.07, 6.45) is 7.48. The second-order valence-electron chi connectivity index (χ2n) is 6.68. The van der Waals surface area contributed by atoms with Gasteiger partial charge in [0.1, 0.15) is 5.75 Å². The van der Waals surface area contributed by atoms with Gasteiger partial charge in [-0.1, -0.05) is 69.9 Å². The van der Waals surface area contributed by atoms with E-state index in [-0.39, 0.29) is 5.78 Å². The van der Waals surface area contributed by atoms with Crippen molar-refractivity contribution in [2.45, 2.75) is 52.4 Å². The number of ether oxygens (including phenoxy) is 1. The molecular formula is C23H30O2. The van der Waals surface area contributed by atoms with Crippen LogP contribution in [0.2, 0.25) is 0 Å². The second-order valence-corrected chi connectivity index (χ2v) is 6.68. The highest BCUT2D eigenvalue weighted by Crippen LogP contribution is 2.20. The number of carbonyl (C=O) groups is 1. The largest absolute Gasteiger partial charge is 0.493 e. The zero-order valence-electron chi connectivity index (χ0n) is 15.5. The summed E-state index contributed by atoms with van der Waals surface area (Å²) in [5.41, 5.74) is 1.42. The van der Waals surface area contributed by atoms with E-state index in [9.17, 15) is 4.79 Å². The molecule has 2 rings (SSSR count). The van der Waals surface area contributed by atoms with Crippen LogP contribution in [0.5, 0.6) is 5.75 Å². The average molecular weight is 338 g/mol. The molecule has 0 aromatic heterocycles. The van der Waals surface area contributed by atoms with Gasteiger partial charge in [0.25, 0.3) is 0 Å². The Kier molecular flexibility index (Phi) is 8.24. The van der Waals surface area contributed by atoms with Crippen LogP contribution < -0.4 is 4.74 Å². The van der Waals surface area contributed by atoms with E-state index in [1.165, 1.54) is 38.5 Å². The quantitative estimate of drug-likeness (QED) is 0.450. The van der Waals surface area contributed by atoms with E-state index in [0.29, 0.717) is 11.5 Å². The predicted octanol–water partition coefficient (Wildman–Crippen LogP) is 6.29. The van der Waals surface area contributed by atoms with Crippen LogP contribution in [-0.4, -0.2) is 12.4 Å². The summed E-state index contributed by atoms with van der Waals surface area (Å²) in [5.74, 6) is 1.53. The second kappa shape index (κ2) is 10.7. The van der Waals surface area contributed by atoms with Gasteiger partial charge in [0.15, 0.2) is 5.78 Å². The van der Waals surface area contributed by atoms with Crippen molar-refractivity contribution in [1.29, 1.82) is 0 Å². The van der Waals surface area contributed by atoms with Crippen LogP contribution in [0.15, 0.2) is 54.6 Å². The van der Waals surface area contributed by atoms with Crippen LogP contribution in [-0.2, 0) is 0 Å². The maximum Gasteiger partial charge on any atom is 0.193 e. The molecule has 2 aromatic rings. The van der Waals surface area contributed by atoms with Gasteiger partial charge in [0.05, 0.1) is 6.61 Å². The fourth-order valence-electron chi connectivity index (χ4n) is 2.97. The van der Waals surface area contributed by atoms with Gasteiger partial charge in [-0.15, -0.1) is 0 Å². The summed E-state index contributed by atoms with van der Waals surface area (Å²) >= 11 is 0. The van der Waals surface area contributed by atoms with Gasteiger partial charge in [-0.25, -0.2) is 0 Å². The first-order valence-electron chi connectivity index (χ1n) is 9.57. The Hall–Kier alpha value is -2.09. The highest BCUT2D eigenvalue weighted by atomic mass is 16.5. The molecule has 0 aliphatic rings. The molecule has 25 heavy (non-hydrogen) atoms. The van der Waals surface area contributed by atoms with Gasteiger partial charge in [-0.05, 0) is 43.0 Å². The molecular weight excluding hydrogens is 308 g/mol. The molecule has 0 fully saturated rings. The molecule has 0 N–H and O–H groups in total. The normalized spacial score (nSPS) is 10.8. The van der Waals surface area contributed by atoms with Crippen LogP contribution in [0, 0.1) is 5.92 Å². The molecule has 2 heteroatoms. The molecule has 0 unspecified atom stereocenters. The van der Waals surface area contributed by atoms with Gasteiger partial charge in [0, 0.05) is 11.1 Å². The van der Waals surface area contributed by atoms with Crippen molar-refractivity contribution < 1.29 is 9.53 Å². The van der Waals surface area contributed by atoms with Gasteiger partial charge >= 0.3 is 0 Å². The minimum Gasteiger partial charge on any atom is -0.493 e. The van der Waals surface area contributed by atoms with E-state index in [1.54, 1.807) is 0 Å². The molecule has 134 valence electrons. The molecule has 2 nitrogen and oxygen atoms in total. The standard InChI is InChI=1S/C23H30O2/c1-3-5-10-19(11-6-4-2)18-25-22-16-14-21(15-17-22)23(24)20-12-8-7-9-13-20/h7-9,12-17,19H,3-6,10-11,18H2,1-2H3. The third-order valence-corrected chi connectivity index (χ3v) is 4.57. The van der Waals surface area contributed by atoms with Crippen LogP contribution >= 0.6 is 0 Å². The maximum atomic E-state index is 12.4. The van der Waals surface area contributed by atoms with Gasteiger partial charge in [-0.2, -0.15) is 0 Å². The van der Waals surface area contributed by atoms with Gasteiger partial charge in [0.2, 0.25) is 0 Å². The molecule has 0 aliphatic carbocycles. The molecule has 0 spiro atoms. The molecule has 0 heterocycles. The first-order chi connectivity index (χ1) is 12.2. The Balaban J connectivity index is 1.91. The van der Waals surface area contributed by atoms with Crippen LogP contribution in [0.3, 0.4) is 0 Å². The Bertz CT molecular complexity index is 608. The molecule has 0 aliphatic heterocycles. The van der Waals surface area contributed by atoms with Crippen molar-refractivity contribution in [3.63, 3.8) is 0 Å². The van der Waals surface area contributed by atoms with Crippen molar-refractivity contribution in [2.24, 2.45) is 5.92 Å². The number of ketones is 1. The van der Waals surface area contributed by atoms with Crippen molar-refractivity contribution in [3.8, 4) is 5.75 Å². The highest BCUT2D eigenvalue weighted by molar-refractivity contribution is 6.08. The van der Waals surface area contributed by atoms with Crippen LogP contribution in [0.4, 0.5) is 0 Å². The van der Waals surface area contributed by atoms with Crippen molar-refractivity contribution >= 4 is 5.78 Å². The van der Waals surface area contributed by atoms with E-state index >= 15 is 0 Å². The minimum atomic E-state index is 0.0518. The Morgan fingerprint density at radius 1 is 0.840 bits per heavy atom.